The monoisotopic (exact) mass is 306 g/mol. The van der Waals surface area contributed by atoms with Crippen LogP contribution in [-0.4, -0.2) is 37.1 Å². The van der Waals surface area contributed by atoms with Crippen LogP contribution >= 0.6 is 11.8 Å². The fraction of sp³-hybridized carbons (Fsp3) is 0.438. The van der Waals surface area contributed by atoms with Gasteiger partial charge in [-0.2, -0.15) is 0 Å². The lowest BCUT2D eigenvalue weighted by Gasteiger charge is -2.24. The van der Waals surface area contributed by atoms with Crippen molar-refractivity contribution in [3.05, 3.63) is 35.5 Å². The lowest BCUT2D eigenvalue weighted by Crippen LogP contribution is -2.25. The number of nitrogens with zero attached hydrogens (tertiary/aromatic N) is 2. The molecule has 1 aromatic rings. The molecule has 0 atom stereocenters. The number of benzene rings is 1. The normalized spacial score (nSPS) is 14.3. The number of rotatable bonds is 5. The van der Waals surface area contributed by atoms with Crippen molar-refractivity contribution in [2.45, 2.75) is 19.9 Å². The number of aliphatic imine (C=N–C) groups is 1. The highest BCUT2D eigenvalue weighted by Crippen LogP contribution is 2.27. The molecule has 114 valence electrons. The van der Waals surface area contributed by atoms with Crippen LogP contribution in [0.15, 0.2) is 35.0 Å². The molecular weight excluding hydrogens is 284 g/mol. The Morgan fingerprint density at radius 2 is 2.10 bits per heavy atom. The molecule has 0 saturated carbocycles. The van der Waals surface area contributed by atoms with Crippen molar-refractivity contribution >= 4 is 16.9 Å². The van der Waals surface area contributed by atoms with Crippen LogP contribution in [0, 0.1) is 0 Å². The smallest absolute Gasteiger partial charge is 0.164 e. The third-order valence-corrected chi connectivity index (χ3v) is 4.62. The van der Waals surface area contributed by atoms with E-state index in [2.05, 4.69) is 23.9 Å². The van der Waals surface area contributed by atoms with E-state index in [1.54, 1.807) is 26.0 Å². The number of methoxy groups -OCH3 is 2. The molecule has 1 heterocycles. The first-order valence-electron chi connectivity index (χ1n) is 6.98. The van der Waals surface area contributed by atoms with Crippen LogP contribution in [0.3, 0.4) is 0 Å². The molecule has 0 amide bonds. The summed E-state index contributed by atoms with van der Waals surface area (Å²) >= 11 is 1.79. The van der Waals surface area contributed by atoms with E-state index in [1.165, 1.54) is 5.57 Å². The first kappa shape index (κ1) is 15.8. The van der Waals surface area contributed by atoms with Gasteiger partial charge >= 0.3 is 0 Å². The van der Waals surface area contributed by atoms with Crippen LogP contribution in [0.5, 0.6) is 11.5 Å². The predicted molar refractivity (Wildman–Crippen MR) is 89.3 cm³/mol. The number of hydrogen-bond acceptors (Lipinski definition) is 5. The topological polar surface area (TPSA) is 34.1 Å². The summed E-state index contributed by atoms with van der Waals surface area (Å²) in [7, 11) is 5.40. The standard InChI is InChI=1S/C16H22N2O2S/c1-5-12-9-17-16(21-11-12)18(2)10-13-6-7-14(19-3)8-15(13)20-4/h6-9H,5,10-11H2,1-4H3. The highest BCUT2D eigenvalue weighted by Gasteiger charge is 2.14. The molecule has 2 rings (SSSR count). The van der Waals surface area contributed by atoms with Gasteiger partial charge < -0.3 is 14.4 Å². The maximum atomic E-state index is 5.45. The molecule has 21 heavy (non-hydrogen) atoms. The molecule has 0 unspecified atom stereocenters. The van der Waals surface area contributed by atoms with E-state index in [4.69, 9.17) is 9.47 Å². The Kier molecular flexibility index (Phi) is 5.56. The zero-order valence-electron chi connectivity index (χ0n) is 13.0. The molecule has 0 spiro atoms. The SMILES string of the molecule is CCC1=CN=C(N(C)Cc2ccc(OC)cc2OC)SC1. The molecule has 1 aliphatic heterocycles. The van der Waals surface area contributed by atoms with Crippen LogP contribution in [0.2, 0.25) is 0 Å². The largest absolute Gasteiger partial charge is 0.497 e. The molecular formula is C16H22N2O2S. The highest BCUT2D eigenvalue weighted by atomic mass is 32.2. The number of amidine groups is 1. The van der Waals surface area contributed by atoms with Gasteiger partial charge in [0.1, 0.15) is 11.5 Å². The van der Waals surface area contributed by atoms with Gasteiger partial charge in [-0.1, -0.05) is 18.7 Å². The highest BCUT2D eigenvalue weighted by molar-refractivity contribution is 8.14. The maximum absolute atomic E-state index is 5.45. The Labute approximate surface area is 130 Å². The van der Waals surface area contributed by atoms with E-state index >= 15 is 0 Å². The van der Waals surface area contributed by atoms with Gasteiger partial charge in [-0.3, -0.25) is 0 Å². The third-order valence-electron chi connectivity index (χ3n) is 3.43. The van der Waals surface area contributed by atoms with Gasteiger partial charge in [0.25, 0.3) is 0 Å². The number of thioether (sulfide) groups is 1. The van der Waals surface area contributed by atoms with Gasteiger partial charge in [-0.25, -0.2) is 4.99 Å². The number of ether oxygens (including phenoxy) is 2. The zero-order valence-corrected chi connectivity index (χ0v) is 13.9. The van der Waals surface area contributed by atoms with Crippen LogP contribution in [0.4, 0.5) is 0 Å². The lowest BCUT2D eigenvalue weighted by molar-refractivity contribution is 0.384. The minimum Gasteiger partial charge on any atom is -0.497 e. The van der Waals surface area contributed by atoms with Crippen LogP contribution in [0.25, 0.3) is 0 Å². The van der Waals surface area contributed by atoms with Crippen molar-refractivity contribution in [1.82, 2.24) is 4.90 Å². The van der Waals surface area contributed by atoms with Gasteiger partial charge in [-0.05, 0) is 24.1 Å². The molecule has 4 nitrogen and oxygen atoms in total. The van der Waals surface area contributed by atoms with E-state index in [9.17, 15) is 0 Å². The lowest BCUT2D eigenvalue weighted by atomic mass is 10.2. The van der Waals surface area contributed by atoms with Crippen molar-refractivity contribution in [2.75, 3.05) is 27.0 Å². The van der Waals surface area contributed by atoms with Crippen molar-refractivity contribution in [1.29, 1.82) is 0 Å². The summed E-state index contributed by atoms with van der Waals surface area (Å²) < 4.78 is 10.7. The van der Waals surface area contributed by atoms with Crippen molar-refractivity contribution in [3.8, 4) is 11.5 Å². The second kappa shape index (κ2) is 7.41. The van der Waals surface area contributed by atoms with Crippen molar-refractivity contribution in [3.63, 3.8) is 0 Å². The third kappa shape index (κ3) is 3.94. The molecule has 0 fully saturated rings. The second-order valence-corrected chi connectivity index (χ2v) is 5.82. The summed E-state index contributed by atoms with van der Waals surface area (Å²) in [6, 6.07) is 5.90. The average Bonchev–Trinajstić information content (AvgIpc) is 2.55. The minimum absolute atomic E-state index is 0.758. The fourth-order valence-corrected chi connectivity index (χ4v) is 3.09. The van der Waals surface area contributed by atoms with Gasteiger partial charge in [-0.15, -0.1) is 0 Å². The van der Waals surface area contributed by atoms with E-state index < -0.39 is 0 Å². The summed E-state index contributed by atoms with van der Waals surface area (Å²) in [6.45, 7) is 2.92. The van der Waals surface area contributed by atoms with E-state index in [1.807, 2.05) is 24.4 Å². The molecule has 0 N–H and O–H groups in total. The summed E-state index contributed by atoms with van der Waals surface area (Å²) in [4.78, 5) is 6.70. The molecule has 5 heteroatoms. The predicted octanol–water partition coefficient (Wildman–Crippen LogP) is 3.53. The van der Waals surface area contributed by atoms with Gasteiger partial charge in [0.2, 0.25) is 0 Å². The summed E-state index contributed by atoms with van der Waals surface area (Å²) in [5, 5.41) is 1.05. The summed E-state index contributed by atoms with van der Waals surface area (Å²) in [5.74, 6) is 2.67. The second-order valence-electron chi connectivity index (χ2n) is 4.88. The molecule has 0 bridgehead atoms. The molecule has 0 saturated heterocycles. The Morgan fingerprint density at radius 3 is 2.67 bits per heavy atom. The fourth-order valence-electron chi connectivity index (χ4n) is 2.09. The minimum atomic E-state index is 0.758. The summed E-state index contributed by atoms with van der Waals surface area (Å²) in [5.41, 5.74) is 2.51. The molecule has 0 radical (unpaired) electrons. The molecule has 0 aliphatic carbocycles. The average molecular weight is 306 g/mol. The van der Waals surface area contributed by atoms with E-state index in [-0.39, 0.29) is 0 Å². The van der Waals surface area contributed by atoms with E-state index in [0.717, 1.165) is 40.9 Å². The first-order valence-corrected chi connectivity index (χ1v) is 7.97. The Morgan fingerprint density at radius 1 is 1.29 bits per heavy atom. The zero-order chi connectivity index (χ0) is 15.2. The van der Waals surface area contributed by atoms with Gasteiger partial charge in [0.05, 0.1) is 14.2 Å². The number of hydrogen-bond donors (Lipinski definition) is 0. The first-order chi connectivity index (χ1) is 10.2. The Balaban J connectivity index is 2.11. The molecule has 1 aromatic carbocycles. The van der Waals surface area contributed by atoms with Crippen LogP contribution in [-0.2, 0) is 6.54 Å². The van der Waals surface area contributed by atoms with Crippen LogP contribution in [0.1, 0.15) is 18.9 Å². The quantitative estimate of drug-likeness (QED) is 0.833. The van der Waals surface area contributed by atoms with Crippen molar-refractivity contribution in [2.24, 2.45) is 4.99 Å². The molecule has 0 aromatic heterocycles. The van der Waals surface area contributed by atoms with Crippen molar-refractivity contribution < 1.29 is 9.47 Å². The Bertz CT molecular complexity index is 555. The van der Waals surface area contributed by atoms with Crippen LogP contribution < -0.4 is 9.47 Å². The van der Waals surface area contributed by atoms with Gasteiger partial charge in [0.15, 0.2) is 5.17 Å². The summed E-state index contributed by atoms with van der Waals surface area (Å²) in [6.07, 6.45) is 3.06. The van der Waals surface area contributed by atoms with E-state index in [0.29, 0.717) is 0 Å². The Hall–Kier alpha value is -1.62. The van der Waals surface area contributed by atoms with Gasteiger partial charge in [0, 0.05) is 37.2 Å². The maximum Gasteiger partial charge on any atom is 0.164 e. The molecule has 1 aliphatic rings.